The lowest BCUT2D eigenvalue weighted by Gasteiger charge is -2.45. The van der Waals surface area contributed by atoms with Gasteiger partial charge in [-0.2, -0.15) is 26.3 Å². The van der Waals surface area contributed by atoms with Crippen LogP contribution in [-0.4, -0.2) is 81.2 Å². The van der Waals surface area contributed by atoms with Crippen LogP contribution in [0, 0.1) is 5.41 Å². The predicted molar refractivity (Wildman–Crippen MR) is 71.4 cm³/mol. The Balaban J connectivity index is 3.20. The smallest absolute Gasteiger partial charge is 0.390 e. The van der Waals surface area contributed by atoms with Gasteiger partial charge < -0.3 is 25.0 Å². The lowest BCUT2D eigenvalue weighted by molar-refractivity contribution is -0.409. The van der Waals surface area contributed by atoms with Crippen LogP contribution in [0.15, 0.2) is 0 Å². The molecule has 1 saturated heterocycles. The van der Waals surface area contributed by atoms with E-state index in [0.717, 1.165) is 0 Å². The van der Waals surface area contributed by atoms with E-state index in [1.54, 1.807) is 0 Å². The van der Waals surface area contributed by atoms with Crippen LogP contribution in [0.5, 0.6) is 0 Å². The van der Waals surface area contributed by atoms with Crippen LogP contribution in [0.3, 0.4) is 0 Å². The van der Waals surface area contributed by atoms with Gasteiger partial charge in [-0.1, -0.05) is 11.8 Å². The highest BCUT2D eigenvalue weighted by atomic mass is 32.2. The van der Waals surface area contributed by atoms with Crippen molar-refractivity contribution in [3.63, 3.8) is 0 Å². The number of halogens is 6. The molecule has 0 aromatic carbocycles. The maximum Gasteiger partial charge on any atom is 0.429 e. The summed E-state index contributed by atoms with van der Waals surface area (Å²) in [6.07, 6.45) is -20.8. The molecule has 1 aliphatic rings. The molecule has 142 valence electrons. The summed E-state index contributed by atoms with van der Waals surface area (Å²) >= 11 is 0.446. The minimum Gasteiger partial charge on any atom is -0.390 e. The van der Waals surface area contributed by atoms with Crippen molar-refractivity contribution >= 4 is 16.9 Å². The number of nitrogens with one attached hydrogen (secondary N) is 1. The summed E-state index contributed by atoms with van der Waals surface area (Å²) in [5, 5.41) is 35.7. The number of hydrogen-bond donors (Lipinski definition) is 4. The second-order valence-corrected chi connectivity index (χ2v) is 6.51. The van der Waals surface area contributed by atoms with Crippen molar-refractivity contribution in [1.82, 2.24) is 4.90 Å². The van der Waals surface area contributed by atoms with Crippen LogP contribution in [0.4, 0.5) is 26.3 Å². The minimum atomic E-state index is -6.21. The van der Waals surface area contributed by atoms with Gasteiger partial charge in [0.1, 0.15) is 17.6 Å². The minimum absolute atomic E-state index is 0.259. The summed E-state index contributed by atoms with van der Waals surface area (Å²) in [5.41, 5.74) is -6.88. The van der Waals surface area contributed by atoms with Gasteiger partial charge in [0.25, 0.3) is 5.60 Å². The van der Waals surface area contributed by atoms with E-state index in [-0.39, 0.29) is 5.17 Å². The standard InChI is InChI=1S/C11H16F6N2O4S/c1-19(2)8(18)24-5-3-4(20)6(21)7(23-5)9(22,10(12,13)14)11(15,16)17/h4-7,18,20-22H,3H2,1-2H3. The average molecular weight is 386 g/mol. The van der Waals surface area contributed by atoms with Crippen molar-refractivity contribution in [3.05, 3.63) is 0 Å². The van der Waals surface area contributed by atoms with E-state index in [4.69, 9.17) is 5.41 Å². The molecule has 24 heavy (non-hydrogen) atoms. The quantitative estimate of drug-likeness (QED) is 0.320. The van der Waals surface area contributed by atoms with Gasteiger partial charge in [0.15, 0.2) is 5.17 Å². The van der Waals surface area contributed by atoms with E-state index < -0.39 is 48.1 Å². The first kappa shape index (κ1) is 21.3. The van der Waals surface area contributed by atoms with Crippen LogP contribution in [0.1, 0.15) is 6.42 Å². The molecule has 4 N–H and O–H groups in total. The highest BCUT2D eigenvalue weighted by molar-refractivity contribution is 8.14. The van der Waals surface area contributed by atoms with Crippen LogP contribution in [0.2, 0.25) is 0 Å². The van der Waals surface area contributed by atoms with Gasteiger partial charge >= 0.3 is 12.4 Å². The number of aliphatic hydroxyl groups excluding tert-OH is 2. The van der Waals surface area contributed by atoms with Crippen molar-refractivity contribution in [2.24, 2.45) is 0 Å². The number of rotatable bonds is 2. The van der Waals surface area contributed by atoms with Gasteiger partial charge in [-0.3, -0.25) is 5.41 Å². The van der Waals surface area contributed by atoms with Crippen LogP contribution < -0.4 is 0 Å². The number of amidine groups is 1. The molecular formula is C11H16F6N2O4S. The van der Waals surface area contributed by atoms with Gasteiger partial charge in [-0.25, -0.2) is 0 Å². The summed E-state index contributed by atoms with van der Waals surface area (Å²) in [4.78, 5) is 1.21. The molecule has 0 amide bonds. The first-order valence-corrected chi connectivity index (χ1v) is 7.30. The number of nitrogens with zero attached hydrogens (tertiary/aromatic N) is 1. The lowest BCUT2D eigenvalue weighted by atomic mass is 9.86. The van der Waals surface area contributed by atoms with Gasteiger partial charge in [0.2, 0.25) is 0 Å². The van der Waals surface area contributed by atoms with E-state index in [0.29, 0.717) is 11.8 Å². The van der Waals surface area contributed by atoms with E-state index in [9.17, 15) is 41.7 Å². The van der Waals surface area contributed by atoms with Crippen molar-refractivity contribution < 1.29 is 46.4 Å². The Morgan fingerprint density at radius 3 is 1.96 bits per heavy atom. The molecule has 1 rings (SSSR count). The number of alkyl halides is 6. The number of ether oxygens (including phenoxy) is 1. The Morgan fingerprint density at radius 2 is 1.58 bits per heavy atom. The summed E-state index contributed by atoms with van der Waals surface area (Å²) in [7, 11) is 2.81. The molecular weight excluding hydrogens is 370 g/mol. The fraction of sp³-hybridized carbons (Fsp3) is 0.909. The molecule has 1 fully saturated rings. The lowest BCUT2D eigenvalue weighted by Crippen LogP contribution is -2.71. The highest BCUT2D eigenvalue weighted by Crippen LogP contribution is 2.49. The van der Waals surface area contributed by atoms with E-state index in [1.807, 2.05) is 0 Å². The van der Waals surface area contributed by atoms with Crippen LogP contribution in [-0.2, 0) is 4.74 Å². The van der Waals surface area contributed by atoms with Crippen molar-refractivity contribution in [1.29, 1.82) is 5.41 Å². The topological polar surface area (TPSA) is 97.0 Å². The summed E-state index contributed by atoms with van der Waals surface area (Å²) < 4.78 is 82.0. The van der Waals surface area contributed by atoms with Crippen molar-refractivity contribution in [3.8, 4) is 0 Å². The molecule has 0 spiro atoms. The molecule has 1 heterocycles. The Labute approximate surface area is 136 Å². The predicted octanol–water partition coefficient (Wildman–Crippen LogP) is 0.908. The summed E-state index contributed by atoms with van der Waals surface area (Å²) in [5.74, 6) is 0. The largest absolute Gasteiger partial charge is 0.429 e. The van der Waals surface area contributed by atoms with E-state index in [1.165, 1.54) is 19.0 Å². The Hall–Kier alpha value is -0.760. The third-order valence-electron chi connectivity index (χ3n) is 3.36. The molecule has 6 nitrogen and oxygen atoms in total. The van der Waals surface area contributed by atoms with Crippen LogP contribution in [0.25, 0.3) is 0 Å². The zero-order valence-corrected chi connectivity index (χ0v) is 13.2. The molecule has 4 atom stereocenters. The Bertz CT molecular complexity index is 458. The SMILES string of the molecule is CN(C)C(=N)SC1CC(O)C(O)C(C(O)(C(F)(F)F)C(F)(F)F)O1. The fourth-order valence-corrected chi connectivity index (χ4v) is 2.90. The maximum atomic E-state index is 12.9. The Kier molecular flexibility index (Phi) is 6.08. The van der Waals surface area contributed by atoms with Crippen LogP contribution >= 0.6 is 11.8 Å². The number of hydrogen-bond acceptors (Lipinski definition) is 6. The highest BCUT2D eigenvalue weighted by Gasteiger charge is 2.77. The second-order valence-electron chi connectivity index (χ2n) is 5.36. The normalized spacial score (nSPS) is 29.5. The fourth-order valence-electron chi connectivity index (χ4n) is 1.97. The third-order valence-corrected chi connectivity index (χ3v) is 4.52. The first-order chi connectivity index (χ1) is 10.6. The zero-order chi connectivity index (χ0) is 19.1. The monoisotopic (exact) mass is 386 g/mol. The molecule has 1 aliphatic heterocycles. The zero-order valence-electron chi connectivity index (χ0n) is 12.4. The third kappa shape index (κ3) is 3.90. The second kappa shape index (κ2) is 6.86. The van der Waals surface area contributed by atoms with Crippen molar-refractivity contribution in [2.75, 3.05) is 14.1 Å². The van der Waals surface area contributed by atoms with E-state index in [2.05, 4.69) is 4.74 Å². The summed E-state index contributed by atoms with van der Waals surface area (Å²) in [6.45, 7) is 0. The molecule has 0 aromatic rings. The number of thioether (sulfide) groups is 1. The molecule has 13 heteroatoms. The van der Waals surface area contributed by atoms with Gasteiger partial charge in [-0.05, 0) is 0 Å². The van der Waals surface area contributed by atoms with E-state index >= 15 is 0 Å². The molecule has 4 unspecified atom stereocenters. The molecule has 0 saturated carbocycles. The maximum absolute atomic E-state index is 12.9. The molecule has 0 radical (unpaired) electrons. The molecule has 0 bridgehead atoms. The number of aliphatic hydroxyl groups is 3. The van der Waals surface area contributed by atoms with Gasteiger partial charge in [-0.15, -0.1) is 0 Å². The van der Waals surface area contributed by atoms with Crippen molar-refractivity contribution in [2.45, 2.75) is 48.1 Å². The van der Waals surface area contributed by atoms with Gasteiger partial charge in [0, 0.05) is 20.5 Å². The molecule has 0 aliphatic carbocycles. The van der Waals surface area contributed by atoms with Gasteiger partial charge in [0.05, 0.1) is 6.10 Å². The molecule has 0 aromatic heterocycles. The summed E-state index contributed by atoms with van der Waals surface area (Å²) in [6, 6.07) is 0. The average Bonchev–Trinajstić information content (AvgIpc) is 2.38. The first-order valence-electron chi connectivity index (χ1n) is 6.43. The Morgan fingerprint density at radius 1 is 1.12 bits per heavy atom.